The molecule has 0 aliphatic carbocycles. The molecule has 2 fully saturated rings. The molecule has 2 aliphatic heterocycles. The van der Waals surface area contributed by atoms with Crippen LogP contribution in [0, 0.1) is 0 Å². The second kappa shape index (κ2) is 6.71. The van der Waals surface area contributed by atoms with Crippen LogP contribution in [0.4, 0.5) is 11.5 Å². The molecule has 4 heterocycles. The summed E-state index contributed by atoms with van der Waals surface area (Å²) in [5.41, 5.74) is 3.22. The van der Waals surface area contributed by atoms with E-state index in [4.69, 9.17) is 4.98 Å². The zero-order valence-electron chi connectivity index (χ0n) is 15.2. The Morgan fingerprint density at radius 3 is 2.12 bits per heavy atom. The molecule has 0 spiro atoms. The molecule has 1 aromatic carbocycles. The predicted molar refractivity (Wildman–Crippen MR) is 107 cm³/mol. The van der Waals surface area contributed by atoms with Crippen LogP contribution in [-0.4, -0.2) is 41.1 Å². The molecule has 5 heteroatoms. The summed E-state index contributed by atoms with van der Waals surface area (Å²) < 4.78 is 0. The molecule has 134 valence electrons. The fourth-order valence-corrected chi connectivity index (χ4v) is 4.41. The third-order valence-corrected chi connectivity index (χ3v) is 5.80. The van der Waals surface area contributed by atoms with Crippen molar-refractivity contribution in [2.24, 2.45) is 0 Å². The Morgan fingerprint density at radius 1 is 0.654 bits per heavy atom. The summed E-state index contributed by atoms with van der Waals surface area (Å²) in [5.74, 6) is 1.11. The van der Waals surface area contributed by atoms with Gasteiger partial charge in [0.2, 0.25) is 0 Å². The van der Waals surface area contributed by atoms with Crippen LogP contribution < -0.4 is 9.80 Å². The van der Waals surface area contributed by atoms with Crippen LogP contribution in [0.25, 0.3) is 21.8 Å². The first-order valence-corrected chi connectivity index (χ1v) is 9.93. The molecule has 0 atom stereocenters. The van der Waals surface area contributed by atoms with Gasteiger partial charge in [0.1, 0.15) is 5.82 Å². The van der Waals surface area contributed by atoms with Crippen molar-refractivity contribution in [3.8, 4) is 0 Å². The molecule has 2 aromatic heterocycles. The first kappa shape index (κ1) is 15.8. The molecule has 0 saturated carbocycles. The van der Waals surface area contributed by atoms with Gasteiger partial charge in [0.05, 0.1) is 11.0 Å². The van der Waals surface area contributed by atoms with E-state index in [2.05, 4.69) is 31.9 Å². The van der Waals surface area contributed by atoms with Gasteiger partial charge in [-0.15, -0.1) is 0 Å². The lowest BCUT2D eigenvalue weighted by molar-refractivity contribution is 0.573. The highest BCUT2D eigenvalue weighted by Crippen LogP contribution is 2.35. The molecule has 0 N–H and O–H groups in total. The van der Waals surface area contributed by atoms with Crippen LogP contribution in [0.1, 0.15) is 38.5 Å². The average Bonchev–Trinajstić information content (AvgIpc) is 2.74. The van der Waals surface area contributed by atoms with Gasteiger partial charge in [-0.3, -0.25) is 9.97 Å². The highest BCUT2D eigenvalue weighted by Gasteiger charge is 2.19. The Kier molecular flexibility index (Phi) is 4.07. The molecule has 2 saturated heterocycles. The van der Waals surface area contributed by atoms with Crippen LogP contribution in [0.3, 0.4) is 0 Å². The summed E-state index contributed by atoms with van der Waals surface area (Å²) in [4.78, 5) is 18.9. The van der Waals surface area contributed by atoms with Crippen molar-refractivity contribution >= 4 is 33.3 Å². The molecule has 0 amide bonds. The van der Waals surface area contributed by atoms with E-state index in [9.17, 15) is 0 Å². The number of piperidine rings is 2. The monoisotopic (exact) mass is 347 g/mol. The maximum atomic E-state index is 4.81. The zero-order chi connectivity index (χ0) is 17.3. The van der Waals surface area contributed by atoms with Crippen molar-refractivity contribution < 1.29 is 0 Å². The number of fused-ring (bicyclic) bond motifs is 3. The van der Waals surface area contributed by atoms with Crippen molar-refractivity contribution in [2.75, 3.05) is 36.0 Å². The molecule has 0 bridgehead atoms. The Balaban J connectivity index is 1.70. The summed E-state index contributed by atoms with van der Waals surface area (Å²) in [7, 11) is 0. The third-order valence-electron chi connectivity index (χ3n) is 5.80. The van der Waals surface area contributed by atoms with Crippen molar-refractivity contribution in [1.82, 2.24) is 15.0 Å². The lowest BCUT2D eigenvalue weighted by Crippen LogP contribution is -2.30. The van der Waals surface area contributed by atoms with Gasteiger partial charge in [-0.05, 0) is 50.7 Å². The zero-order valence-corrected chi connectivity index (χ0v) is 15.2. The first-order valence-electron chi connectivity index (χ1n) is 9.93. The molecule has 5 rings (SSSR count). The van der Waals surface area contributed by atoms with Crippen LogP contribution in [-0.2, 0) is 0 Å². The molecule has 2 aliphatic rings. The van der Waals surface area contributed by atoms with Gasteiger partial charge in [0.15, 0.2) is 0 Å². The van der Waals surface area contributed by atoms with E-state index < -0.39 is 0 Å². The smallest absolute Gasteiger partial charge is 0.129 e. The van der Waals surface area contributed by atoms with Gasteiger partial charge in [0.25, 0.3) is 0 Å². The predicted octanol–water partition coefficient (Wildman–Crippen LogP) is 4.16. The van der Waals surface area contributed by atoms with Gasteiger partial charge in [-0.2, -0.15) is 0 Å². The van der Waals surface area contributed by atoms with Gasteiger partial charge >= 0.3 is 0 Å². The van der Waals surface area contributed by atoms with Crippen molar-refractivity contribution in [1.29, 1.82) is 0 Å². The second-order valence-corrected chi connectivity index (χ2v) is 7.50. The maximum absolute atomic E-state index is 4.81. The van der Waals surface area contributed by atoms with E-state index in [0.717, 1.165) is 48.4 Å². The van der Waals surface area contributed by atoms with E-state index in [1.54, 1.807) is 12.4 Å². The highest BCUT2D eigenvalue weighted by molar-refractivity contribution is 6.10. The molecular weight excluding hydrogens is 322 g/mol. The van der Waals surface area contributed by atoms with Crippen molar-refractivity contribution in [3.63, 3.8) is 0 Å². The standard InChI is InChI=1S/C21H25N5/c1-3-9-25(10-4-1)19-14-18-21(23-8-7-22-18)17-15-24-20(13-16(17)19)26-11-5-2-6-12-26/h7-8,13-15H,1-6,9-12H2. The number of pyridine rings is 1. The number of benzene rings is 1. The van der Waals surface area contributed by atoms with Crippen LogP contribution >= 0.6 is 0 Å². The van der Waals surface area contributed by atoms with Gasteiger partial charge in [0, 0.05) is 61.2 Å². The summed E-state index contributed by atoms with van der Waals surface area (Å²) in [6, 6.07) is 4.52. The number of rotatable bonds is 2. The number of aromatic nitrogens is 3. The number of nitrogens with zero attached hydrogens (tertiary/aromatic N) is 5. The van der Waals surface area contributed by atoms with Gasteiger partial charge in [-0.1, -0.05) is 0 Å². The third kappa shape index (κ3) is 2.75. The van der Waals surface area contributed by atoms with E-state index in [1.165, 1.54) is 49.6 Å². The minimum absolute atomic E-state index is 0.959. The quantitative estimate of drug-likeness (QED) is 0.651. The lowest BCUT2D eigenvalue weighted by Gasteiger charge is -2.31. The van der Waals surface area contributed by atoms with E-state index in [-0.39, 0.29) is 0 Å². The number of hydrogen-bond acceptors (Lipinski definition) is 5. The molecular formula is C21H25N5. The van der Waals surface area contributed by atoms with Gasteiger partial charge < -0.3 is 9.80 Å². The lowest BCUT2D eigenvalue weighted by atomic mass is 10.0. The van der Waals surface area contributed by atoms with Crippen LogP contribution in [0.5, 0.6) is 0 Å². The molecule has 5 nitrogen and oxygen atoms in total. The molecule has 3 aromatic rings. The highest BCUT2D eigenvalue weighted by atomic mass is 15.2. The van der Waals surface area contributed by atoms with E-state index in [0.29, 0.717) is 0 Å². The first-order chi connectivity index (χ1) is 12.9. The van der Waals surface area contributed by atoms with Crippen molar-refractivity contribution in [3.05, 3.63) is 30.7 Å². The summed E-state index contributed by atoms with van der Waals surface area (Å²) >= 11 is 0. The Labute approximate surface area is 154 Å². The fourth-order valence-electron chi connectivity index (χ4n) is 4.41. The molecule has 0 radical (unpaired) electrons. The van der Waals surface area contributed by atoms with Crippen LogP contribution in [0.2, 0.25) is 0 Å². The topological polar surface area (TPSA) is 45.2 Å². The molecule has 26 heavy (non-hydrogen) atoms. The summed E-state index contributed by atoms with van der Waals surface area (Å²) in [5, 5.41) is 2.40. The number of anilines is 2. The van der Waals surface area contributed by atoms with Crippen molar-refractivity contribution in [2.45, 2.75) is 38.5 Å². The maximum Gasteiger partial charge on any atom is 0.129 e. The Hall–Kier alpha value is -2.43. The van der Waals surface area contributed by atoms with Crippen LogP contribution in [0.15, 0.2) is 30.7 Å². The van der Waals surface area contributed by atoms with Gasteiger partial charge in [-0.25, -0.2) is 4.98 Å². The minimum atomic E-state index is 0.959. The minimum Gasteiger partial charge on any atom is -0.371 e. The Bertz CT molecular complexity index is 926. The summed E-state index contributed by atoms with van der Waals surface area (Å²) in [6.45, 7) is 4.49. The largest absolute Gasteiger partial charge is 0.371 e. The summed E-state index contributed by atoms with van der Waals surface area (Å²) in [6.07, 6.45) is 13.3. The second-order valence-electron chi connectivity index (χ2n) is 7.50. The normalized spacial score (nSPS) is 18.6. The van der Waals surface area contributed by atoms with E-state index in [1.807, 2.05) is 6.20 Å². The average molecular weight is 347 g/mol. The molecule has 0 unspecified atom stereocenters. The van der Waals surface area contributed by atoms with E-state index >= 15 is 0 Å². The Morgan fingerprint density at radius 2 is 1.35 bits per heavy atom. The fraction of sp³-hybridized carbons (Fsp3) is 0.476. The SMILES string of the molecule is c1cnc2c(cc(N3CCCCC3)c3cc(N4CCCCC4)ncc32)n1. The number of hydrogen-bond donors (Lipinski definition) is 0.